The molecule has 0 saturated heterocycles. The second kappa shape index (κ2) is 9.17. The molecule has 0 radical (unpaired) electrons. The molecule has 0 aliphatic heterocycles. The monoisotopic (exact) mass is 555 g/mol. The maximum absolute atomic E-state index is 13.6. The molecular weight excluding hydrogens is 537 g/mol. The molecule has 0 bridgehead atoms. The number of nitrogens with one attached hydrogen (secondary N) is 1. The van der Waals surface area contributed by atoms with Crippen molar-refractivity contribution in [3.8, 4) is 10.4 Å². The Labute approximate surface area is 214 Å². The van der Waals surface area contributed by atoms with E-state index in [1.807, 2.05) is 6.92 Å². The molecule has 5 rings (SSSR count). The van der Waals surface area contributed by atoms with E-state index in [1.54, 1.807) is 12.1 Å². The molecule has 0 atom stereocenters. The Morgan fingerprint density at radius 2 is 1.95 bits per heavy atom. The minimum Gasteiger partial charge on any atom is -0.365 e. The van der Waals surface area contributed by atoms with Crippen LogP contribution in [0.5, 0.6) is 0 Å². The zero-order chi connectivity index (χ0) is 26.6. The molecule has 14 heteroatoms. The molecule has 1 fully saturated rings. The lowest BCUT2D eigenvalue weighted by Crippen LogP contribution is -2.23. The van der Waals surface area contributed by atoms with E-state index in [-0.39, 0.29) is 26.7 Å². The Morgan fingerprint density at radius 1 is 1.22 bits per heavy atom. The van der Waals surface area contributed by atoms with Crippen LogP contribution in [0.3, 0.4) is 0 Å². The number of amides is 2. The van der Waals surface area contributed by atoms with Gasteiger partial charge < -0.3 is 11.1 Å². The van der Waals surface area contributed by atoms with Crippen molar-refractivity contribution in [3.63, 3.8) is 0 Å². The number of aryl methyl sites for hydroxylation is 1. The van der Waals surface area contributed by atoms with E-state index >= 15 is 0 Å². The van der Waals surface area contributed by atoms with Gasteiger partial charge >= 0.3 is 6.18 Å². The molecule has 37 heavy (non-hydrogen) atoms. The van der Waals surface area contributed by atoms with Crippen molar-refractivity contribution < 1.29 is 31.5 Å². The highest BCUT2D eigenvalue weighted by molar-refractivity contribution is 7.21. The number of pyridine rings is 1. The number of alkyl halides is 5. The Kier molecular flexibility index (Phi) is 6.26. The summed E-state index contributed by atoms with van der Waals surface area (Å²) in [5.41, 5.74) is 4.52. The van der Waals surface area contributed by atoms with Crippen LogP contribution in [0.15, 0.2) is 24.3 Å². The van der Waals surface area contributed by atoms with Gasteiger partial charge in [-0.05, 0) is 44.0 Å². The van der Waals surface area contributed by atoms with Gasteiger partial charge in [-0.2, -0.15) is 18.3 Å². The number of anilines is 1. The maximum Gasteiger partial charge on any atom is 0.435 e. The molecule has 1 aliphatic rings. The van der Waals surface area contributed by atoms with Crippen molar-refractivity contribution in [1.82, 2.24) is 14.8 Å². The standard InChI is InChI=1S/C23H18F5N5O2S2/c1-9-2-5-14(36-9)11-6-12(20(24)25)30-22-17(11)18(19(37-22)21(29)35)31-16(34)8-33-13(10-3-4-10)7-15(32-33)23(26,27)28/h2,5-7,10,20H,3-4,8H2,1H3,(H2,29,35)(H,31,34). The largest absolute Gasteiger partial charge is 0.435 e. The highest BCUT2D eigenvalue weighted by Gasteiger charge is 2.38. The molecule has 4 aromatic heterocycles. The Hall–Kier alpha value is -3.39. The smallest absolute Gasteiger partial charge is 0.365 e. The SMILES string of the molecule is Cc1ccc(-c2cc(C(F)F)nc3sc(C(N)=O)c(NC(=O)Cn4nc(C(F)(F)F)cc4C4CC4)c23)s1. The third-order valence-electron chi connectivity index (χ3n) is 5.79. The van der Waals surface area contributed by atoms with E-state index in [4.69, 9.17) is 5.73 Å². The molecule has 194 valence electrons. The Bertz CT molecular complexity index is 1530. The molecule has 0 spiro atoms. The molecule has 2 amide bonds. The minimum atomic E-state index is -4.67. The first-order valence-corrected chi connectivity index (χ1v) is 12.6. The summed E-state index contributed by atoms with van der Waals surface area (Å²) in [7, 11) is 0. The number of primary amides is 1. The second-order valence-corrected chi connectivity index (χ2v) is 10.9. The predicted octanol–water partition coefficient (Wildman–Crippen LogP) is 6.10. The van der Waals surface area contributed by atoms with E-state index in [0.717, 1.165) is 27.0 Å². The van der Waals surface area contributed by atoms with E-state index in [1.165, 1.54) is 17.4 Å². The fourth-order valence-electron chi connectivity index (χ4n) is 4.01. The Morgan fingerprint density at radius 3 is 2.51 bits per heavy atom. The molecule has 0 unspecified atom stereocenters. The normalized spacial score (nSPS) is 14.0. The zero-order valence-electron chi connectivity index (χ0n) is 19.0. The van der Waals surface area contributed by atoms with Crippen molar-refractivity contribution >= 4 is 50.4 Å². The lowest BCUT2D eigenvalue weighted by Gasteiger charge is -2.11. The van der Waals surface area contributed by atoms with Gasteiger partial charge in [0, 0.05) is 32.3 Å². The first-order valence-electron chi connectivity index (χ1n) is 11.0. The highest BCUT2D eigenvalue weighted by atomic mass is 32.1. The third kappa shape index (κ3) is 4.94. The summed E-state index contributed by atoms with van der Waals surface area (Å²) in [6.45, 7) is 1.29. The van der Waals surface area contributed by atoms with Gasteiger partial charge in [0.05, 0.1) is 5.69 Å². The van der Waals surface area contributed by atoms with Crippen LogP contribution in [0.1, 0.15) is 56.8 Å². The van der Waals surface area contributed by atoms with Crippen LogP contribution in [0.4, 0.5) is 27.6 Å². The van der Waals surface area contributed by atoms with E-state index in [9.17, 15) is 31.5 Å². The summed E-state index contributed by atoms with van der Waals surface area (Å²) in [5.74, 6) is -1.79. The summed E-state index contributed by atoms with van der Waals surface area (Å²) in [6, 6.07) is 5.65. The number of hydrogen-bond donors (Lipinski definition) is 2. The average Bonchev–Trinajstić information content (AvgIpc) is 3.23. The summed E-state index contributed by atoms with van der Waals surface area (Å²) in [6.07, 6.45) is -6.18. The van der Waals surface area contributed by atoms with Crippen LogP contribution in [0.2, 0.25) is 0 Å². The van der Waals surface area contributed by atoms with Gasteiger partial charge in [-0.3, -0.25) is 14.3 Å². The van der Waals surface area contributed by atoms with Crippen molar-refractivity contribution in [2.75, 3.05) is 5.32 Å². The highest BCUT2D eigenvalue weighted by Crippen LogP contribution is 2.45. The fraction of sp³-hybridized carbons (Fsp3) is 0.304. The summed E-state index contributed by atoms with van der Waals surface area (Å²) in [4.78, 5) is 30.7. The van der Waals surface area contributed by atoms with Gasteiger partial charge in [0.15, 0.2) is 5.69 Å². The Balaban J connectivity index is 1.58. The van der Waals surface area contributed by atoms with Crippen molar-refractivity contribution in [1.29, 1.82) is 0 Å². The van der Waals surface area contributed by atoms with Gasteiger partial charge in [0.2, 0.25) is 5.91 Å². The summed E-state index contributed by atoms with van der Waals surface area (Å²) in [5, 5.41) is 6.40. The molecule has 1 saturated carbocycles. The number of fused-ring (bicyclic) bond motifs is 1. The third-order valence-corrected chi connectivity index (χ3v) is 7.92. The molecule has 1 aliphatic carbocycles. The number of halogens is 5. The van der Waals surface area contributed by atoms with Crippen LogP contribution in [0.25, 0.3) is 20.7 Å². The first kappa shape index (κ1) is 25.3. The average molecular weight is 556 g/mol. The van der Waals surface area contributed by atoms with Crippen LogP contribution < -0.4 is 11.1 Å². The van der Waals surface area contributed by atoms with Crippen molar-refractivity contribution in [3.05, 3.63) is 51.1 Å². The zero-order valence-corrected chi connectivity index (χ0v) is 20.7. The predicted molar refractivity (Wildman–Crippen MR) is 129 cm³/mol. The van der Waals surface area contributed by atoms with Gasteiger partial charge in [0.25, 0.3) is 12.3 Å². The van der Waals surface area contributed by atoms with Crippen molar-refractivity contribution in [2.24, 2.45) is 5.73 Å². The molecule has 0 aromatic carbocycles. The number of nitrogens with zero attached hydrogens (tertiary/aromatic N) is 3. The van der Waals surface area contributed by atoms with Crippen LogP contribution >= 0.6 is 22.7 Å². The number of hydrogen-bond acceptors (Lipinski definition) is 6. The van der Waals surface area contributed by atoms with Crippen LogP contribution in [0, 0.1) is 6.92 Å². The lowest BCUT2D eigenvalue weighted by molar-refractivity contribution is -0.141. The molecule has 7 nitrogen and oxygen atoms in total. The van der Waals surface area contributed by atoms with E-state index < -0.39 is 42.3 Å². The number of aromatic nitrogens is 3. The van der Waals surface area contributed by atoms with Gasteiger partial charge in [-0.1, -0.05) is 0 Å². The maximum atomic E-state index is 13.6. The van der Waals surface area contributed by atoms with E-state index in [2.05, 4.69) is 15.4 Å². The molecule has 4 aromatic rings. The topological polar surface area (TPSA) is 103 Å². The van der Waals surface area contributed by atoms with Crippen LogP contribution in [-0.4, -0.2) is 26.6 Å². The van der Waals surface area contributed by atoms with E-state index in [0.29, 0.717) is 29.0 Å². The van der Waals surface area contributed by atoms with Crippen LogP contribution in [-0.2, 0) is 17.5 Å². The molecule has 3 N–H and O–H groups in total. The lowest BCUT2D eigenvalue weighted by atomic mass is 10.1. The summed E-state index contributed by atoms with van der Waals surface area (Å²) < 4.78 is 67.9. The number of thiophene rings is 2. The quantitative estimate of drug-likeness (QED) is 0.269. The molecular formula is C23H18F5N5O2S2. The number of rotatable bonds is 7. The number of nitrogens with two attached hydrogens (primary N) is 1. The van der Waals surface area contributed by atoms with Crippen molar-refractivity contribution in [2.45, 2.75) is 44.8 Å². The summed E-state index contributed by atoms with van der Waals surface area (Å²) >= 11 is 2.08. The molecule has 4 heterocycles. The number of carbonyl (C=O) groups is 2. The van der Waals surface area contributed by atoms with Gasteiger partial charge in [0.1, 0.15) is 21.9 Å². The van der Waals surface area contributed by atoms with Gasteiger partial charge in [-0.15, -0.1) is 22.7 Å². The first-order chi connectivity index (χ1) is 17.4. The fourth-order valence-corrected chi connectivity index (χ4v) is 5.92. The minimum absolute atomic E-state index is 0.0250. The number of carbonyl (C=O) groups excluding carboxylic acids is 2. The van der Waals surface area contributed by atoms with Gasteiger partial charge in [-0.25, -0.2) is 13.8 Å². The second-order valence-electron chi connectivity index (χ2n) is 8.59.